The van der Waals surface area contributed by atoms with Crippen LogP contribution in [0.25, 0.3) is 16.7 Å². The van der Waals surface area contributed by atoms with Crippen LogP contribution in [0.2, 0.25) is 5.02 Å². The third kappa shape index (κ3) is 2.54. The number of alkyl halides is 1. The summed E-state index contributed by atoms with van der Waals surface area (Å²) in [6.07, 6.45) is 0. The number of imidazole rings is 1. The Kier molecular flexibility index (Phi) is 3.90. The number of fused-ring (bicyclic) bond motifs is 1. The van der Waals surface area contributed by atoms with Gasteiger partial charge in [-0.1, -0.05) is 11.6 Å². The van der Waals surface area contributed by atoms with E-state index in [0.29, 0.717) is 27.0 Å². The van der Waals surface area contributed by atoms with Crippen LogP contribution in [0, 0.1) is 11.6 Å². The van der Waals surface area contributed by atoms with Gasteiger partial charge in [0.1, 0.15) is 17.5 Å². The Morgan fingerprint density at radius 3 is 2.57 bits per heavy atom. The second kappa shape index (κ2) is 5.55. The van der Waals surface area contributed by atoms with Crippen LogP contribution >= 0.6 is 39.1 Å². The summed E-state index contributed by atoms with van der Waals surface area (Å²) in [4.78, 5) is 4.31. The quantitative estimate of drug-likeness (QED) is 0.530. The molecule has 0 atom stereocenters. The summed E-state index contributed by atoms with van der Waals surface area (Å²) in [5, 5.41) is -0.0183. The van der Waals surface area contributed by atoms with Crippen LogP contribution in [0.4, 0.5) is 8.78 Å². The maximum Gasteiger partial charge on any atom is 0.144 e. The van der Waals surface area contributed by atoms with Gasteiger partial charge >= 0.3 is 0 Å². The summed E-state index contributed by atoms with van der Waals surface area (Å²) < 4.78 is 29.4. The Balaban J connectivity index is 2.34. The maximum atomic E-state index is 13.7. The zero-order valence-electron chi connectivity index (χ0n) is 10.4. The van der Waals surface area contributed by atoms with Gasteiger partial charge in [0, 0.05) is 6.07 Å². The molecule has 7 heteroatoms. The monoisotopic (exact) mass is 390 g/mol. The van der Waals surface area contributed by atoms with E-state index in [1.807, 2.05) is 0 Å². The smallest absolute Gasteiger partial charge is 0.144 e. The molecule has 108 valence electrons. The van der Waals surface area contributed by atoms with Crippen molar-refractivity contribution < 1.29 is 8.78 Å². The number of nitrogens with zero attached hydrogens (tertiary/aromatic N) is 2. The van der Waals surface area contributed by atoms with Crippen molar-refractivity contribution >= 4 is 50.2 Å². The van der Waals surface area contributed by atoms with Crippen molar-refractivity contribution in [3.05, 3.63) is 57.3 Å². The standard InChI is InChI=1S/C14H7BrCl2F2N2/c15-8-2-1-7(3-10(8)18)21-13-5-11(19)9(17)4-12(13)20-14(21)6-16/h1-5H,6H2. The predicted molar refractivity (Wildman–Crippen MR) is 83.3 cm³/mol. The highest BCUT2D eigenvalue weighted by molar-refractivity contribution is 9.10. The number of rotatable bonds is 2. The largest absolute Gasteiger partial charge is 0.295 e. The second-order valence-electron chi connectivity index (χ2n) is 4.35. The Morgan fingerprint density at radius 1 is 1.14 bits per heavy atom. The topological polar surface area (TPSA) is 17.8 Å². The molecule has 0 saturated heterocycles. The van der Waals surface area contributed by atoms with Crippen molar-refractivity contribution in [1.29, 1.82) is 0 Å². The van der Waals surface area contributed by atoms with E-state index in [0.717, 1.165) is 0 Å². The Bertz CT molecular complexity index is 849. The van der Waals surface area contributed by atoms with Crippen molar-refractivity contribution in [2.45, 2.75) is 5.88 Å². The fourth-order valence-electron chi connectivity index (χ4n) is 2.12. The predicted octanol–water partition coefficient (Wildman–Crippen LogP) is 5.46. The van der Waals surface area contributed by atoms with Gasteiger partial charge in [-0.3, -0.25) is 4.57 Å². The molecule has 2 nitrogen and oxygen atoms in total. The average molecular weight is 392 g/mol. The molecule has 3 rings (SSSR count). The lowest BCUT2D eigenvalue weighted by atomic mass is 10.2. The van der Waals surface area contributed by atoms with E-state index >= 15 is 0 Å². The highest BCUT2D eigenvalue weighted by atomic mass is 79.9. The minimum Gasteiger partial charge on any atom is -0.295 e. The normalized spacial score (nSPS) is 11.3. The van der Waals surface area contributed by atoms with Crippen LogP contribution in [0.3, 0.4) is 0 Å². The van der Waals surface area contributed by atoms with Gasteiger partial charge in [-0.15, -0.1) is 11.6 Å². The number of benzene rings is 2. The summed E-state index contributed by atoms with van der Waals surface area (Å²) in [6.45, 7) is 0. The Morgan fingerprint density at radius 2 is 1.90 bits per heavy atom. The molecule has 0 fully saturated rings. The number of hydrogen-bond donors (Lipinski definition) is 0. The minimum absolute atomic E-state index is 0.0183. The van der Waals surface area contributed by atoms with Gasteiger partial charge in [-0.25, -0.2) is 13.8 Å². The van der Waals surface area contributed by atoms with Crippen LogP contribution in [-0.4, -0.2) is 9.55 Å². The van der Waals surface area contributed by atoms with E-state index in [-0.39, 0.29) is 10.9 Å². The molecule has 1 heterocycles. The van der Waals surface area contributed by atoms with Crippen LogP contribution in [-0.2, 0) is 5.88 Å². The molecule has 0 spiro atoms. The van der Waals surface area contributed by atoms with Crippen molar-refractivity contribution in [1.82, 2.24) is 9.55 Å². The SMILES string of the molecule is Fc1cc2c(cc1Cl)nc(CCl)n2-c1ccc(Br)c(F)c1. The molecule has 0 aliphatic heterocycles. The first-order chi connectivity index (χ1) is 10.0. The summed E-state index contributed by atoms with van der Waals surface area (Å²) in [5.74, 6) is -0.408. The van der Waals surface area contributed by atoms with E-state index in [4.69, 9.17) is 23.2 Å². The van der Waals surface area contributed by atoms with E-state index < -0.39 is 11.6 Å². The van der Waals surface area contributed by atoms with Crippen molar-refractivity contribution in [3.63, 3.8) is 0 Å². The molecular formula is C14H7BrCl2F2N2. The van der Waals surface area contributed by atoms with Gasteiger partial charge in [0.05, 0.1) is 32.1 Å². The highest BCUT2D eigenvalue weighted by Crippen LogP contribution is 2.28. The zero-order chi connectivity index (χ0) is 15.1. The van der Waals surface area contributed by atoms with E-state index in [1.54, 1.807) is 16.7 Å². The van der Waals surface area contributed by atoms with Gasteiger partial charge in [0.25, 0.3) is 0 Å². The molecule has 3 aromatic rings. The molecule has 0 aliphatic rings. The minimum atomic E-state index is -0.566. The van der Waals surface area contributed by atoms with Gasteiger partial charge in [0.15, 0.2) is 0 Å². The molecule has 1 aromatic heterocycles. The van der Waals surface area contributed by atoms with Crippen LogP contribution < -0.4 is 0 Å². The number of hydrogen-bond acceptors (Lipinski definition) is 1. The summed E-state index contributed by atoms with van der Waals surface area (Å²) >= 11 is 14.7. The summed E-state index contributed by atoms with van der Waals surface area (Å²) in [5.41, 5.74) is 1.49. The first kappa shape index (κ1) is 14.8. The average Bonchev–Trinajstić information content (AvgIpc) is 2.80. The van der Waals surface area contributed by atoms with Crippen LogP contribution in [0.1, 0.15) is 5.82 Å². The first-order valence-electron chi connectivity index (χ1n) is 5.89. The summed E-state index contributed by atoms with van der Waals surface area (Å²) in [6, 6.07) is 7.28. The van der Waals surface area contributed by atoms with Crippen molar-refractivity contribution in [2.24, 2.45) is 0 Å². The number of halogens is 5. The number of aromatic nitrogens is 2. The molecule has 0 unspecified atom stereocenters. The van der Waals surface area contributed by atoms with Crippen LogP contribution in [0.15, 0.2) is 34.8 Å². The van der Waals surface area contributed by atoms with Gasteiger partial charge in [-0.2, -0.15) is 0 Å². The first-order valence-corrected chi connectivity index (χ1v) is 7.59. The molecule has 0 radical (unpaired) electrons. The van der Waals surface area contributed by atoms with E-state index in [9.17, 15) is 8.78 Å². The molecular weight excluding hydrogens is 385 g/mol. The van der Waals surface area contributed by atoms with Gasteiger partial charge < -0.3 is 0 Å². The fraction of sp³-hybridized carbons (Fsp3) is 0.0714. The molecule has 0 amide bonds. The molecule has 2 aromatic carbocycles. The lowest BCUT2D eigenvalue weighted by Crippen LogP contribution is -2.00. The molecule has 0 N–H and O–H groups in total. The highest BCUT2D eigenvalue weighted by Gasteiger charge is 2.15. The Labute approximate surface area is 137 Å². The fourth-order valence-corrected chi connectivity index (χ4v) is 2.71. The van der Waals surface area contributed by atoms with Crippen LogP contribution in [0.5, 0.6) is 0 Å². The third-order valence-corrected chi connectivity index (χ3v) is 4.22. The molecule has 21 heavy (non-hydrogen) atoms. The lowest BCUT2D eigenvalue weighted by Gasteiger charge is -2.08. The third-order valence-electron chi connectivity index (χ3n) is 3.05. The van der Waals surface area contributed by atoms with Crippen molar-refractivity contribution in [3.8, 4) is 5.69 Å². The molecule has 0 aliphatic carbocycles. The van der Waals surface area contributed by atoms with Gasteiger partial charge in [0.2, 0.25) is 0 Å². The zero-order valence-corrected chi connectivity index (χ0v) is 13.5. The molecule has 0 saturated carbocycles. The lowest BCUT2D eigenvalue weighted by molar-refractivity contribution is 0.620. The summed E-state index contributed by atoms with van der Waals surface area (Å²) in [7, 11) is 0. The van der Waals surface area contributed by atoms with E-state index in [1.165, 1.54) is 18.2 Å². The van der Waals surface area contributed by atoms with Gasteiger partial charge in [-0.05, 0) is 40.2 Å². The maximum absolute atomic E-state index is 13.7. The second-order valence-corrected chi connectivity index (χ2v) is 5.88. The molecule has 0 bridgehead atoms. The van der Waals surface area contributed by atoms with Crippen molar-refractivity contribution in [2.75, 3.05) is 0 Å². The van der Waals surface area contributed by atoms with E-state index in [2.05, 4.69) is 20.9 Å². The Hall–Kier alpha value is -1.17.